The van der Waals surface area contributed by atoms with Gasteiger partial charge in [0.1, 0.15) is 18.2 Å². The van der Waals surface area contributed by atoms with Crippen LogP contribution in [0.5, 0.6) is 0 Å². The van der Waals surface area contributed by atoms with Crippen molar-refractivity contribution in [3.8, 4) is 0 Å². The zero-order valence-electron chi connectivity index (χ0n) is 12.5. The average Bonchev–Trinajstić information content (AvgIpc) is 2.53. The molecule has 0 aliphatic rings. The van der Waals surface area contributed by atoms with Crippen LogP contribution in [0.15, 0.2) is 30.5 Å². The molecule has 0 spiro atoms. The lowest BCUT2D eigenvalue weighted by atomic mass is 10.3. The van der Waals surface area contributed by atoms with Crippen molar-refractivity contribution in [2.75, 3.05) is 30.8 Å². The zero-order valence-corrected chi connectivity index (χ0v) is 12.5. The van der Waals surface area contributed by atoms with Crippen molar-refractivity contribution >= 4 is 11.6 Å². The number of ether oxygens (including phenoxy) is 1. The zero-order chi connectivity index (χ0) is 14.9. The minimum Gasteiger partial charge on any atom is -0.374 e. The summed E-state index contributed by atoms with van der Waals surface area (Å²) in [5.41, 5.74) is 1.06. The molecular weight excluding hydrogens is 266 g/mol. The van der Waals surface area contributed by atoms with Crippen molar-refractivity contribution in [2.24, 2.45) is 0 Å². The van der Waals surface area contributed by atoms with Gasteiger partial charge in [-0.3, -0.25) is 4.98 Å². The predicted octanol–water partition coefficient (Wildman–Crippen LogP) is 2.10. The van der Waals surface area contributed by atoms with Crippen molar-refractivity contribution in [1.82, 2.24) is 15.0 Å². The first-order valence-electron chi connectivity index (χ1n) is 7.09. The Labute approximate surface area is 125 Å². The average molecular weight is 287 g/mol. The molecule has 0 saturated carbocycles. The van der Waals surface area contributed by atoms with Gasteiger partial charge in [0, 0.05) is 44.6 Å². The molecule has 6 heteroatoms. The number of rotatable bonds is 8. The van der Waals surface area contributed by atoms with Gasteiger partial charge in [-0.2, -0.15) is 0 Å². The fourth-order valence-electron chi connectivity index (χ4n) is 1.84. The first kappa shape index (κ1) is 15.2. The highest BCUT2D eigenvalue weighted by atomic mass is 16.5. The lowest BCUT2D eigenvalue weighted by Crippen LogP contribution is -2.10. The van der Waals surface area contributed by atoms with Crippen LogP contribution in [0.2, 0.25) is 0 Å². The van der Waals surface area contributed by atoms with Crippen LogP contribution in [0.4, 0.5) is 11.6 Å². The predicted molar refractivity (Wildman–Crippen MR) is 83.3 cm³/mol. The summed E-state index contributed by atoms with van der Waals surface area (Å²) in [7, 11) is 1.84. The number of anilines is 2. The Bertz CT molecular complexity index is 547. The number of hydrogen-bond acceptors (Lipinski definition) is 6. The van der Waals surface area contributed by atoms with E-state index in [4.69, 9.17) is 4.74 Å². The van der Waals surface area contributed by atoms with Gasteiger partial charge >= 0.3 is 0 Å². The standard InChI is InChI=1S/C15H21N5O/c1-3-21-11-15-19-13(16-2)10-14(20-15)18-9-7-12-6-4-5-8-17-12/h4-6,8,10H,3,7,9,11H2,1-2H3,(H2,16,18,19,20). The maximum absolute atomic E-state index is 5.36. The van der Waals surface area contributed by atoms with Crippen LogP contribution >= 0.6 is 0 Å². The van der Waals surface area contributed by atoms with Gasteiger partial charge in [0.25, 0.3) is 0 Å². The molecular formula is C15H21N5O. The summed E-state index contributed by atoms with van der Waals surface area (Å²) in [6, 6.07) is 7.81. The highest BCUT2D eigenvalue weighted by molar-refractivity contribution is 5.47. The van der Waals surface area contributed by atoms with E-state index in [9.17, 15) is 0 Å². The maximum atomic E-state index is 5.36. The van der Waals surface area contributed by atoms with Gasteiger partial charge in [-0.1, -0.05) is 6.07 Å². The molecule has 0 amide bonds. The molecule has 0 radical (unpaired) electrons. The topological polar surface area (TPSA) is 72.0 Å². The van der Waals surface area contributed by atoms with E-state index in [1.165, 1.54) is 0 Å². The number of nitrogens with zero attached hydrogens (tertiary/aromatic N) is 3. The SMILES string of the molecule is CCOCc1nc(NC)cc(NCCc2ccccn2)n1. The van der Waals surface area contributed by atoms with Gasteiger partial charge in [0.05, 0.1) is 0 Å². The Hall–Kier alpha value is -2.21. The number of aromatic nitrogens is 3. The highest BCUT2D eigenvalue weighted by Crippen LogP contribution is 2.11. The van der Waals surface area contributed by atoms with Gasteiger partial charge in [-0.05, 0) is 19.1 Å². The summed E-state index contributed by atoms with van der Waals surface area (Å²) in [5.74, 6) is 2.24. The molecule has 2 N–H and O–H groups in total. The molecule has 0 bridgehead atoms. The molecule has 6 nitrogen and oxygen atoms in total. The van der Waals surface area contributed by atoms with Crippen LogP contribution in [0.3, 0.4) is 0 Å². The third kappa shape index (κ3) is 5.00. The van der Waals surface area contributed by atoms with Gasteiger partial charge in [0.2, 0.25) is 0 Å². The first-order chi connectivity index (χ1) is 10.3. The summed E-state index contributed by atoms with van der Waals surface area (Å²) >= 11 is 0. The molecule has 0 saturated heterocycles. The summed E-state index contributed by atoms with van der Waals surface area (Å²) in [6.07, 6.45) is 2.65. The number of hydrogen-bond donors (Lipinski definition) is 2. The van der Waals surface area contributed by atoms with E-state index in [2.05, 4.69) is 25.6 Å². The molecule has 21 heavy (non-hydrogen) atoms. The molecule has 0 aliphatic carbocycles. The summed E-state index contributed by atoms with van der Waals surface area (Å²) in [5, 5.41) is 6.33. The maximum Gasteiger partial charge on any atom is 0.158 e. The monoisotopic (exact) mass is 287 g/mol. The van der Waals surface area contributed by atoms with Gasteiger partial charge < -0.3 is 15.4 Å². The van der Waals surface area contributed by atoms with E-state index in [0.29, 0.717) is 19.0 Å². The Kier molecular flexibility index (Phi) is 5.90. The van der Waals surface area contributed by atoms with Gasteiger partial charge in [-0.15, -0.1) is 0 Å². The van der Waals surface area contributed by atoms with E-state index in [-0.39, 0.29) is 0 Å². The lowest BCUT2D eigenvalue weighted by molar-refractivity contribution is 0.128. The van der Waals surface area contributed by atoms with Crippen molar-refractivity contribution in [3.63, 3.8) is 0 Å². The molecule has 2 aromatic heterocycles. The van der Waals surface area contributed by atoms with Crippen LogP contribution < -0.4 is 10.6 Å². The second-order valence-electron chi connectivity index (χ2n) is 4.44. The Morgan fingerprint density at radius 3 is 2.76 bits per heavy atom. The third-order valence-electron chi connectivity index (χ3n) is 2.88. The number of nitrogens with one attached hydrogen (secondary N) is 2. The molecule has 0 unspecified atom stereocenters. The van der Waals surface area contributed by atoms with Gasteiger partial charge in [-0.25, -0.2) is 9.97 Å². The first-order valence-corrected chi connectivity index (χ1v) is 7.09. The van der Waals surface area contributed by atoms with Crippen molar-refractivity contribution in [1.29, 1.82) is 0 Å². The molecule has 112 valence electrons. The molecule has 0 atom stereocenters. The molecule has 2 rings (SSSR count). The summed E-state index contributed by atoms with van der Waals surface area (Å²) in [4.78, 5) is 13.1. The van der Waals surface area contributed by atoms with Crippen LogP contribution in [-0.2, 0) is 17.8 Å². The summed E-state index contributed by atoms with van der Waals surface area (Å²) < 4.78 is 5.36. The second kappa shape index (κ2) is 8.16. The van der Waals surface area contributed by atoms with E-state index in [0.717, 1.165) is 30.3 Å². The van der Waals surface area contributed by atoms with Crippen LogP contribution in [0, 0.1) is 0 Å². The third-order valence-corrected chi connectivity index (χ3v) is 2.88. The van der Waals surface area contributed by atoms with Crippen molar-refractivity contribution in [3.05, 3.63) is 42.0 Å². The Balaban J connectivity index is 1.95. The van der Waals surface area contributed by atoms with Crippen LogP contribution in [-0.4, -0.2) is 35.2 Å². The van der Waals surface area contributed by atoms with E-state index in [1.807, 2.05) is 38.2 Å². The fourth-order valence-corrected chi connectivity index (χ4v) is 1.84. The van der Waals surface area contributed by atoms with E-state index < -0.39 is 0 Å². The second-order valence-corrected chi connectivity index (χ2v) is 4.44. The summed E-state index contributed by atoms with van der Waals surface area (Å²) in [6.45, 7) is 3.79. The minimum absolute atomic E-state index is 0.418. The lowest BCUT2D eigenvalue weighted by Gasteiger charge is -2.09. The molecule has 0 aromatic carbocycles. The van der Waals surface area contributed by atoms with E-state index >= 15 is 0 Å². The van der Waals surface area contributed by atoms with Gasteiger partial charge in [0.15, 0.2) is 5.82 Å². The normalized spacial score (nSPS) is 10.4. The molecule has 0 aliphatic heterocycles. The molecule has 2 heterocycles. The van der Waals surface area contributed by atoms with E-state index in [1.54, 1.807) is 6.20 Å². The molecule has 0 fully saturated rings. The van der Waals surface area contributed by atoms with Crippen molar-refractivity contribution < 1.29 is 4.74 Å². The van der Waals surface area contributed by atoms with Crippen LogP contribution in [0.25, 0.3) is 0 Å². The van der Waals surface area contributed by atoms with Crippen molar-refractivity contribution in [2.45, 2.75) is 20.0 Å². The minimum atomic E-state index is 0.418. The highest BCUT2D eigenvalue weighted by Gasteiger charge is 2.04. The smallest absolute Gasteiger partial charge is 0.158 e. The fraction of sp³-hybridized carbons (Fsp3) is 0.400. The Morgan fingerprint density at radius 1 is 1.19 bits per heavy atom. The quantitative estimate of drug-likeness (QED) is 0.774. The Morgan fingerprint density at radius 2 is 2.05 bits per heavy atom. The molecule has 2 aromatic rings. The number of pyridine rings is 1. The largest absolute Gasteiger partial charge is 0.374 e. The van der Waals surface area contributed by atoms with Crippen LogP contribution in [0.1, 0.15) is 18.4 Å².